The minimum absolute atomic E-state index is 0.193. The summed E-state index contributed by atoms with van der Waals surface area (Å²) in [6.45, 7) is 2.14. The molecule has 3 unspecified atom stereocenters. The van der Waals surface area contributed by atoms with Crippen molar-refractivity contribution in [3.63, 3.8) is 0 Å². The van der Waals surface area contributed by atoms with E-state index in [1.54, 1.807) is 7.11 Å². The first kappa shape index (κ1) is 16.3. The van der Waals surface area contributed by atoms with Crippen LogP contribution >= 0.6 is 0 Å². The van der Waals surface area contributed by atoms with E-state index in [0.717, 1.165) is 25.0 Å². The van der Waals surface area contributed by atoms with Crippen molar-refractivity contribution in [1.82, 2.24) is 10.6 Å². The van der Waals surface area contributed by atoms with Crippen LogP contribution in [0.15, 0.2) is 24.3 Å². The predicted octanol–water partition coefficient (Wildman–Crippen LogP) is 2.66. The molecule has 4 nitrogen and oxygen atoms in total. The average molecular weight is 316 g/mol. The molecule has 3 rings (SSSR count). The second-order valence-electron chi connectivity index (χ2n) is 7.20. The summed E-state index contributed by atoms with van der Waals surface area (Å²) in [4.78, 5) is 12.3. The first-order valence-electron chi connectivity index (χ1n) is 8.81. The van der Waals surface area contributed by atoms with E-state index < -0.39 is 0 Å². The summed E-state index contributed by atoms with van der Waals surface area (Å²) in [5, 5.41) is 6.87. The van der Waals surface area contributed by atoms with Crippen LogP contribution in [-0.2, 0) is 11.2 Å². The summed E-state index contributed by atoms with van der Waals surface area (Å²) < 4.78 is 5.40. The van der Waals surface area contributed by atoms with E-state index in [1.807, 2.05) is 18.2 Å². The number of carbonyl (C=O) groups is 1. The Morgan fingerprint density at radius 3 is 2.70 bits per heavy atom. The smallest absolute Gasteiger partial charge is 0.220 e. The molecule has 126 valence electrons. The van der Waals surface area contributed by atoms with Gasteiger partial charge < -0.3 is 15.4 Å². The van der Waals surface area contributed by atoms with E-state index in [1.165, 1.54) is 18.4 Å². The number of para-hydroxylation sites is 1. The quantitative estimate of drug-likeness (QED) is 0.848. The molecule has 2 aliphatic rings. The van der Waals surface area contributed by atoms with Gasteiger partial charge in [-0.15, -0.1) is 0 Å². The zero-order valence-electron chi connectivity index (χ0n) is 14.2. The number of fused-ring (bicyclic) bond motifs is 2. The second kappa shape index (κ2) is 7.35. The third-order valence-corrected chi connectivity index (χ3v) is 5.13. The maximum absolute atomic E-state index is 12.3. The van der Waals surface area contributed by atoms with Crippen molar-refractivity contribution in [3.8, 4) is 5.75 Å². The number of rotatable bonds is 6. The Balaban J connectivity index is 1.47. The Morgan fingerprint density at radius 2 is 2.00 bits per heavy atom. The lowest BCUT2D eigenvalue weighted by molar-refractivity contribution is -0.122. The number of ether oxygens (including phenoxy) is 1. The second-order valence-corrected chi connectivity index (χ2v) is 7.20. The van der Waals surface area contributed by atoms with Crippen LogP contribution in [0.2, 0.25) is 0 Å². The van der Waals surface area contributed by atoms with Gasteiger partial charge >= 0.3 is 0 Å². The molecule has 1 aromatic rings. The number of hydrogen-bond acceptors (Lipinski definition) is 3. The molecule has 1 aromatic carbocycles. The molecular formula is C19H28N2O2. The van der Waals surface area contributed by atoms with Gasteiger partial charge in [0.25, 0.3) is 0 Å². The zero-order chi connectivity index (χ0) is 16.2. The highest BCUT2D eigenvalue weighted by molar-refractivity contribution is 5.76. The van der Waals surface area contributed by atoms with Crippen LogP contribution in [0.3, 0.4) is 0 Å². The minimum Gasteiger partial charge on any atom is -0.496 e. The fourth-order valence-electron chi connectivity index (χ4n) is 4.10. The van der Waals surface area contributed by atoms with Crippen molar-refractivity contribution >= 4 is 5.91 Å². The zero-order valence-corrected chi connectivity index (χ0v) is 14.2. The van der Waals surface area contributed by atoms with Crippen molar-refractivity contribution in [3.05, 3.63) is 29.8 Å². The van der Waals surface area contributed by atoms with Crippen LogP contribution < -0.4 is 15.4 Å². The maximum atomic E-state index is 12.3. The van der Waals surface area contributed by atoms with Crippen molar-refractivity contribution in [2.24, 2.45) is 5.92 Å². The summed E-state index contributed by atoms with van der Waals surface area (Å²) in [6.07, 6.45) is 6.15. The molecule has 4 heteroatoms. The van der Waals surface area contributed by atoms with Gasteiger partial charge in [0.1, 0.15) is 5.75 Å². The molecule has 2 bridgehead atoms. The molecule has 0 saturated carbocycles. The number of methoxy groups -OCH3 is 1. The first-order chi connectivity index (χ1) is 11.1. The number of piperidine rings is 1. The third kappa shape index (κ3) is 4.25. The van der Waals surface area contributed by atoms with Gasteiger partial charge in [-0.2, -0.15) is 0 Å². The Bertz CT molecular complexity index is 534. The van der Waals surface area contributed by atoms with E-state index >= 15 is 0 Å². The van der Waals surface area contributed by atoms with Gasteiger partial charge in [0.2, 0.25) is 5.91 Å². The van der Waals surface area contributed by atoms with Crippen LogP contribution in [0.4, 0.5) is 0 Å². The molecule has 2 fully saturated rings. The lowest BCUT2D eigenvalue weighted by Gasteiger charge is -2.30. The summed E-state index contributed by atoms with van der Waals surface area (Å²) in [5.41, 5.74) is 1.18. The highest BCUT2D eigenvalue weighted by Crippen LogP contribution is 2.27. The van der Waals surface area contributed by atoms with Crippen molar-refractivity contribution in [2.75, 3.05) is 7.11 Å². The standard InChI is InChI=1S/C19H28N2O2/c1-13(9-14-5-3-4-6-18(14)23-2)10-19(22)21-17-11-15-7-8-16(12-17)20-15/h3-6,13,15-17,20H,7-12H2,1-2H3,(H,21,22). The number of carbonyl (C=O) groups excluding carboxylic acids is 1. The van der Waals surface area contributed by atoms with Gasteiger partial charge in [-0.25, -0.2) is 0 Å². The Kier molecular flexibility index (Phi) is 5.21. The van der Waals surface area contributed by atoms with Gasteiger partial charge in [-0.3, -0.25) is 4.79 Å². The van der Waals surface area contributed by atoms with Gasteiger partial charge in [-0.05, 0) is 49.7 Å². The highest BCUT2D eigenvalue weighted by Gasteiger charge is 2.34. The molecule has 2 N–H and O–H groups in total. The highest BCUT2D eigenvalue weighted by atomic mass is 16.5. The van der Waals surface area contributed by atoms with Crippen molar-refractivity contribution < 1.29 is 9.53 Å². The van der Waals surface area contributed by atoms with E-state index in [0.29, 0.717) is 30.5 Å². The third-order valence-electron chi connectivity index (χ3n) is 5.13. The van der Waals surface area contributed by atoms with Crippen LogP contribution in [0.25, 0.3) is 0 Å². The van der Waals surface area contributed by atoms with Gasteiger partial charge in [0, 0.05) is 24.5 Å². The lowest BCUT2D eigenvalue weighted by atomic mass is 9.96. The Hall–Kier alpha value is -1.55. The predicted molar refractivity (Wildman–Crippen MR) is 91.6 cm³/mol. The van der Waals surface area contributed by atoms with Crippen molar-refractivity contribution in [2.45, 2.75) is 63.6 Å². The SMILES string of the molecule is COc1ccccc1CC(C)CC(=O)NC1CC2CCC(C1)N2. The van der Waals surface area contributed by atoms with E-state index in [-0.39, 0.29) is 5.91 Å². The fraction of sp³-hybridized carbons (Fsp3) is 0.632. The topological polar surface area (TPSA) is 50.4 Å². The molecule has 3 atom stereocenters. The summed E-state index contributed by atoms with van der Waals surface area (Å²) in [7, 11) is 1.70. The van der Waals surface area contributed by atoms with Gasteiger partial charge in [0.15, 0.2) is 0 Å². The number of nitrogens with one attached hydrogen (secondary N) is 2. The summed E-state index contributed by atoms with van der Waals surface area (Å²) >= 11 is 0. The van der Waals surface area contributed by atoms with Crippen molar-refractivity contribution in [1.29, 1.82) is 0 Å². The molecule has 0 aromatic heterocycles. The number of hydrogen-bond donors (Lipinski definition) is 2. The largest absolute Gasteiger partial charge is 0.496 e. The van der Waals surface area contributed by atoms with E-state index in [9.17, 15) is 4.79 Å². The first-order valence-corrected chi connectivity index (χ1v) is 8.81. The molecule has 2 heterocycles. The lowest BCUT2D eigenvalue weighted by Crippen LogP contribution is -2.48. The van der Waals surface area contributed by atoms with E-state index in [2.05, 4.69) is 23.6 Å². The number of amides is 1. The molecular weight excluding hydrogens is 288 g/mol. The Morgan fingerprint density at radius 1 is 1.30 bits per heavy atom. The van der Waals surface area contributed by atoms with Crippen LogP contribution in [0, 0.1) is 5.92 Å². The molecule has 0 spiro atoms. The van der Waals surface area contributed by atoms with E-state index in [4.69, 9.17) is 4.74 Å². The summed E-state index contributed by atoms with van der Waals surface area (Å²) in [5.74, 6) is 1.41. The minimum atomic E-state index is 0.193. The molecule has 2 saturated heterocycles. The van der Waals surface area contributed by atoms with Crippen LogP contribution in [-0.4, -0.2) is 31.1 Å². The fourth-order valence-corrected chi connectivity index (χ4v) is 4.10. The van der Waals surface area contributed by atoms with Gasteiger partial charge in [-0.1, -0.05) is 25.1 Å². The molecule has 0 aliphatic carbocycles. The maximum Gasteiger partial charge on any atom is 0.220 e. The van der Waals surface area contributed by atoms with Crippen LogP contribution in [0.5, 0.6) is 5.75 Å². The monoisotopic (exact) mass is 316 g/mol. The molecule has 0 radical (unpaired) electrons. The average Bonchev–Trinajstić information content (AvgIpc) is 2.86. The Labute approximate surface area is 139 Å². The number of benzene rings is 1. The molecule has 23 heavy (non-hydrogen) atoms. The summed E-state index contributed by atoms with van der Waals surface area (Å²) in [6, 6.07) is 9.65. The van der Waals surface area contributed by atoms with Crippen LogP contribution in [0.1, 0.15) is 44.6 Å². The van der Waals surface area contributed by atoms with Gasteiger partial charge in [0.05, 0.1) is 7.11 Å². The molecule has 2 aliphatic heterocycles. The molecule has 1 amide bonds. The normalized spacial score (nSPS) is 27.5.